The van der Waals surface area contributed by atoms with Gasteiger partial charge in [0.05, 0.1) is 0 Å². The number of aliphatic imine (C=N–C) groups is 2. The van der Waals surface area contributed by atoms with Gasteiger partial charge < -0.3 is 9.73 Å². The number of rotatable bonds is 5. The third kappa shape index (κ3) is 5.80. The highest BCUT2D eigenvalue weighted by molar-refractivity contribution is 7.25. The van der Waals surface area contributed by atoms with Gasteiger partial charge in [0.25, 0.3) is 0 Å². The zero-order chi connectivity index (χ0) is 38.9. The van der Waals surface area contributed by atoms with Crippen LogP contribution in [-0.2, 0) is 6.42 Å². The van der Waals surface area contributed by atoms with Crippen LogP contribution in [0.1, 0.15) is 51.9 Å². The molecule has 0 fully saturated rings. The number of fused-ring (bicyclic) bond motifs is 9. The highest BCUT2D eigenvalue weighted by Gasteiger charge is 2.27. The van der Waals surface area contributed by atoms with Gasteiger partial charge >= 0.3 is 0 Å². The van der Waals surface area contributed by atoms with E-state index in [-0.39, 0.29) is 5.92 Å². The number of benzene rings is 8. The van der Waals surface area contributed by atoms with E-state index in [4.69, 9.17) is 14.4 Å². The molecule has 0 saturated carbocycles. The smallest absolute Gasteiger partial charge is 0.170 e. The summed E-state index contributed by atoms with van der Waals surface area (Å²) >= 11 is 1.83. The second-order valence-corrected chi connectivity index (χ2v) is 16.7. The highest BCUT2D eigenvalue weighted by Crippen LogP contribution is 2.47. The van der Waals surface area contributed by atoms with E-state index in [1.165, 1.54) is 64.5 Å². The van der Waals surface area contributed by atoms with Gasteiger partial charge in [-0.1, -0.05) is 140 Å². The van der Waals surface area contributed by atoms with Crippen LogP contribution in [0.3, 0.4) is 0 Å². The molecule has 0 amide bonds. The molecule has 0 saturated heterocycles. The maximum Gasteiger partial charge on any atom is 0.170 e. The molecular formula is C54H37N3OS. The lowest BCUT2D eigenvalue weighted by atomic mass is 9.84. The SMILES string of the molecule is c1ccc(C2=NC(c3cccc4sc5ccc(-c6ccc7c(c6)-c6cc8c(cc6CCC7c6ccccc6)oc6ccccc68)cc5c34)N=C(c3ccccc3)N2)cc1. The molecule has 4 nitrogen and oxygen atoms in total. The van der Waals surface area contributed by atoms with Crippen molar-refractivity contribution in [2.75, 3.05) is 0 Å². The molecule has 1 unspecified atom stereocenters. The first kappa shape index (κ1) is 34.0. The molecule has 0 radical (unpaired) electrons. The summed E-state index contributed by atoms with van der Waals surface area (Å²) in [6, 6.07) is 65.6. The van der Waals surface area contributed by atoms with Crippen molar-refractivity contribution in [3.05, 3.63) is 215 Å². The number of furan rings is 1. The second kappa shape index (κ2) is 13.8. The number of thiophene rings is 1. The maximum absolute atomic E-state index is 6.41. The number of nitrogens with zero attached hydrogens (tertiary/aromatic N) is 2. The minimum absolute atomic E-state index is 0.286. The van der Waals surface area contributed by atoms with Crippen molar-refractivity contribution in [3.63, 3.8) is 0 Å². The Kier molecular flexibility index (Phi) is 7.95. The van der Waals surface area contributed by atoms with Gasteiger partial charge in [-0.05, 0) is 94.3 Å². The van der Waals surface area contributed by atoms with Crippen molar-refractivity contribution in [1.82, 2.24) is 5.32 Å². The molecule has 1 aliphatic carbocycles. The summed E-state index contributed by atoms with van der Waals surface area (Å²) in [6.07, 6.45) is 1.59. The topological polar surface area (TPSA) is 49.9 Å². The monoisotopic (exact) mass is 775 g/mol. The molecule has 2 aromatic heterocycles. The van der Waals surface area contributed by atoms with Gasteiger partial charge in [0.2, 0.25) is 0 Å². The van der Waals surface area contributed by atoms with Crippen molar-refractivity contribution in [2.45, 2.75) is 24.9 Å². The standard InChI is InChI=1S/C54H37N3OS/c1-4-13-33(14-5-1)39-26-24-38-31-48-45(41-19-10-11-21-47(41)58-48)32-43(38)44-29-36(23-27-40(39)44)37-25-28-49-46(30-37)51-42(20-12-22-50(51)59-49)54-56-52(34-15-6-2-7-16-34)55-53(57-54)35-17-8-3-9-18-35/h1-23,25,27-32,39,54H,24,26H2,(H,55,56,57). The van der Waals surface area contributed by atoms with Crippen molar-refractivity contribution in [3.8, 4) is 22.3 Å². The first-order valence-corrected chi connectivity index (χ1v) is 21.2. The largest absolute Gasteiger partial charge is 0.456 e. The zero-order valence-corrected chi connectivity index (χ0v) is 32.9. The quantitative estimate of drug-likeness (QED) is 0.189. The highest BCUT2D eigenvalue weighted by atomic mass is 32.1. The van der Waals surface area contributed by atoms with E-state index in [2.05, 4.69) is 175 Å². The molecule has 0 bridgehead atoms. The third-order valence-corrected chi connectivity index (χ3v) is 13.3. The summed E-state index contributed by atoms with van der Waals surface area (Å²) in [4.78, 5) is 10.6. The fourth-order valence-electron chi connectivity index (χ4n) is 9.35. The molecular weight excluding hydrogens is 739 g/mol. The first-order chi connectivity index (χ1) is 29.2. The van der Waals surface area contributed by atoms with E-state index in [0.29, 0.717) is 0 Å². The fraction of sp³-hybridized carbons (Fsp3) is 0.0741. The van der Waals surface area contributed by atoms with Crippen molar-refractivity contribution >= 4 is 65.1 Å². The summed E-state index contributed by atoms with van der Waals surface area (Å²) in [5.41, 5.74) is 14.1. The lowest BCUT2D eigenvalue weighted by Gasteiger charge is -2.23. The van der Waals surface area contributed by atoms with E-state index < -0.39 is 6.17 Å². The van der Waals surface area contributed by atoms with E-state index in [9.17, 15) is 0 Å². The summed E-state index contributed by atoms with van der Waals surface area (Å²) in [6.45, 7) is 0. The number of aryl methyl sites for hydroxylation is 1. The van der Waals surface area contributed by atoms with Gasteiger partial charge in [0.15, 0.2) is 6.17 Å². The Labute approximate surface area is 345 Å². The molecule has 1 atom stereocenters. The lowest BCUT2D eigenvalue weighted by Crippen LogP contribution is -2.36. The Morgan fingerprint density at radius 3 is 1.97 bits per heavy atom. The van der Waals surface area contributed by atoms with Crippen LogP contribution in [-0.4, -0.2) is 11.7 Å². The number of para-hydroxylation sites is 1. The van der Waals surface area contributed by atoms with E-state index in [1.807, 2.05) is 23.5 Å². The third-order valence-electron chi connectivity index (χ3n) is 12.2. The number of nitrogens with one attached hydrogen (secondary N) is 1. The Morgan fingerprint density at radius 1 is 0.492 bits per heavy atom. The Balaban J connectivity index is 1.03. The summed E-state index contributed by atoms with van der Waals surface area (Å²) in [5, 5.41) is 8.33. The van der Waals surface area contributed by atoms with E-state index in [1.54, 1.807) is 0 Å². The maximum atomic E-state index is 6.41. The van der Waals surface area contributed by atoms with Gasteiger partial charge in [-0.2, -0.15) is 0 Å². The predicted octanol–water partition coefficient (Wildman–Crippen LogP) is 13.9. The van der Waals surface area contributed by atoms with E-state index >= 15 is 0 Å². The number of amidine groups is 2. The van der Waals surface area contributed by atoms with Crippen LogP contribution in [0.25, 0.3) is 64.4 Å². The summed E-state index contributed by atoms with van der Waals surface area (Å²) < 4.78 is 8.90. The molecule has 1 N–H and O–H groups in total. The zero-order valence-electron chi connectivity index (χ0n) is 32.1. The molecule has 59 heavy (non-hydrogen) atoms. The molecule has 5 heteroatoms. The van der Waals surface area contributed by atoms with Crippen molar-refractivity contribution in [2.24, 2.45) is 9.98 Å². The molecule has 0 spiro atoms. The minimum Gasteiger partial charge on any atom is -0.456 e. The van der Waals surface area contributed by atoms with Gasteiger partial charge in [0, 0.05) is 53.6 Å². The normalized spacial score (nSPS) is 15.4. The average molecular weight is 776 g/mol. The van der Waals surface area contributed by atoms with Crippen molar-refractivity contribution < 1.29 is 4.42 Å². The second-order valence-electron chi connectivity index (χ2n) is 15.6. The number of hydrogen-bond donors (Lipinski definition) is 1. The Morgan fingerprint density at radius 2 is 1.19 bits per heavy atom. The minimum atomic E-state index is -0.415. The predicted molar refractivity (Wildman–Crippen MR) is 246 cm³/mol. The summed E-state index contributed by atoms with van der Waals surface area (Å²) in [5.74, 6) is 1.93. The van der Waals surface area contributed by atoms with Gasteiger partial charge in [-0.15, -0.1) is 11.3 Å². The van der Waals surface area contributed by atoms with Gasteiger partial charge in [-0.25, -0.2) is 9.98 Å². The molecule has 12 rings (SSSR count). The van der Waals surface area contributed by atoms with Crippen LogP contribution in [0.2, 0.25) is 0 Å². The average Bonchev–Trinajstić information content (AvgIpc) is 3.82. The van der Waals surface area contributed by atoms with Gasteiger partial charge in [0.1, 0.15) is 22.8 Å². The molecule has 3 heterocycles. The molecule has 1 aliphatic heterocycles. The first-order valence-electron chi connectivity index (χ1n) is 20.3. The molecule has 8 aromatic carbocycles. The van der Waals surface area contributed by atoms with Crippen LogP contribution in [0.4, 0.5) is 0 Å². The lowest BCUT2D eigenvalue weighted by molar-refractivity contribution is 0.667. The number of hydrogen-bond acceptors (Lipinski definition) is 5. The van der Waals surface area contributed by atoms with Crippen molar-refractivity contribution in [1.29, 1.82) is 0 Å². The van der Waals surface area contributed by atoms with Crippen LogP contribution >= 0.6 is 11.3 Å². The Bertz CT molecular complexity index is 3250. The molecule has 280 valence electrons. The van der Waals surface area contributed by atoms with E-state index in [0.717, 1.165) is 57.8 Å². The van der Waals surface area contributed by atoms with Crippen LogP contribution < -0.4 is 5.32 Å². The fourth-order valence-corrected chi connectivity index (χ4v) is 10.5. The molecule has 10 aromatic rings. The van der Waals surface area contributed by atoms with Crippen LogP contribution in [0.5, 0.6) is 0 Å². The molecule has 2 aliphatic rings. The van der Waals surface area contributed by atoms with Crippen LogP contribution in [0.15, 0.2) is 196 Å². The summed E-state index contributed by atoms with van der Waals surface area (Å²) in [7, 11) is 0. The Hall–Kier alpha value is -7.08. The van der Waals surface area contributed by atoms with Crippen LogP contribution in [0, 0.1) is 0 Å². The van der Waals surface area contributed by atoms with Gasteiger partial charge in [-0.3, -0.25) is 0 Å².